The molecular weight excluding hydrogens is 242 g/mol. The Bertz CT molecular complexity index is 292. The van der Waals surface area contributed by atoms with Gasteiger partial charge in [-0.2, -0.15) is 0 Å². The fourth-order valence-electron chi connectivity index (χ4n) is 1.72. The Labute approximate surface area is 116 Å². The number of hydrogen-bond acceptors (Lipinski definition) is 3. The standard InChI is InChI=1S/C15H27NO3/c1-15(2,3)19-14(18)12-10-8-6-5-7-9-11-13(17)16-4/h4-12H2,1-3H3. The molecule has 0 heterocycles. The summed E-state index contributed by atoms with van der Waals surface area (Å²) in [6.45, 7) is 8.84. The maximum Gasteiger partial charge on any atom is 0.306 e. The first-order chi connectivity index (χ1) is 8.85. The minimum atomic E-state index is -0.386. The van der Waals surface area contributed by atoms with E-state index in [2.05, 4.69) is 11.7 Å². The first kappa shape index (κ1) is 17.8. The van der Waals surface area contributed by atoms with Crippen molar-refractivity contribution in [3.8, 4) is 0 Å². The van der Waals surface area contributed by atoms with Crippen LogP contribution in [-0.2, 0) is 14.3 Å². The summed E-state index contributed by atoms with van der Waals surface area (Å²) in [6, 6.07) is 0. The molecule has 0 aromatic rings. The van der Waals surface area contributed by atoms with Crippen LogP contribution in [0, 0.1) is 0 Å². The average Bonchev–Trinajstić information content (AvgIpc) is 2.29. The van der Waals surface area contributed by atoms with E-state index in [9.17, 15) is 9.59 Å². The Morgan fingerprint density at radius 2 is 1.42 bits per heavy atom. The molecule has 0 aromatic carbocycles. The van der Waals surface area contributed by atoms with Gasteiger partial charge in [-0.05, 0) is 40.3 Å². The number of carbonyl (C=O) groups excluding carboxylic acids is 2. The molecule has 0 aliphatic carbocycles. The zero-order chi connectivity index (χ0) is 14.7. The number of esters is 1. The summed E-state index contributed by atoms with van der Waals surface area (Å²) in [7, 11) is 0. The lowest BCUT2D eigenvalue weighted by molar-refractivity contribution is -0.154. The smallest absolute Gasteiger partial charge is 0.306 e. The Morgan fingerprint density at radius 3 is 1.89 bits per heavy atom. The second-order valence-corrected chi connectivity index (χ2v) is 5.76. The average molecular weight is 269 g/mol. The second-order valence-electron chi connectivity index (χ2n) is 5.76. The number of nitrogens with zero attached hydrogens (tertiary/aromatic N) is 1. The van der Waals surface area contributed by atoms with Crippen LogP contribution in [0.1, 0.15) is 72.1 Å². The third kappa shape index (κ3) is 13.0. The topological polar surface area (TPSA) is 55.7 Å². The van der Waals surface area contributed by atoms with Crippen molar-refractivity contribution in [2.75, 3.05) is 0 Å². The molecule has 0 bridgehead atoms. The van der Waals surface area contributed by atoms with Gasteiger partial charge >= 0.3 is 5.97 Å². The van der Waals surface area contributed by atoms with E-state index in [0.717, 1.165) is 38.5 Å². The summed E-state index contributed by atoms with van der Waals surface area (Å²) in [5.74, 6) is -0.236. The molecule has 0 saturated heterocycles. The lowest BCUT2D eigenvalue weighted by Crippen LogP contribution is -2.23. The molecule has 0 fully saturated rings. The van der Waals surface area contributed by atoms with Gasteiger partial charge in [-0.1, -0.05) is 25.7 Å². The number of rotatable bonds is 9. The van der Waals surface area contributed by atoms with Crippen molar-refractivity contribution in [1.82, 2.24) is 0 Å². The van der Waals surface area contributed by atoms with Gasteiger partial charge in [0.2, 0.25) is 5.91 Å². The lowest BCUT2D eigenvalue weighted by atomic mass is 10.1. The monoisotopic (exact) mass is 269 g/mol. The Balaban J connectivity index is 3.34. The van der Waals surface area contributed by atoms with Crippen molar-refractivity contribution in [2.24, 2.45) is 4.99 Å². The Kier molecular flexibility index (Phi) is 9.09. The predicted molar refractivity (Wildman–Crippen MR) is 77.3 cm³/mol. The maximum absolute atomic E-state index is 11.4. The molecule has 0 radical (unpaired) electrons. The molecule has 110 valence electrons. The van der Waals surface area contributed by atoms with Gasteiger partial charge in [0, 0.05) is 12.8 Å². The van der Waals surface area contributed by atoms with Crippen LogP contribution in [0.5, 0.6) is 0 Å². The molecule has 4 nitrogen and oxygen atoms in total. The zero-order valence-corrected chi connectivity index (χ0v) is 12.5. The molecule has 19 heavy (non-hydrogen) atoms. The van der Waals surface area contributed by atoms with E-state index < -0.39 is 0 Å². The highest BCUT2D eigenvalue weighted by Gasteiger charge is 2.15. The second kappa shape index (κ2) is 9.70. The molecule has 0 atom stereocenters. The van der Waals surface area contributed by atoms with Gasteiger partial charge in [-0.15, -0.1) is 0 Å². The summed E-state index contributed by atoms with van der Waals surface area (Å²) in [5, 5.41) is 0. The van der Waals surface area contributed by atoms with Crippen LogP contribution in [0.2, 0.25) is 0 Å². The minimum absolute atomic E-state index is 0.116. The van der Waals surface area contributed by atoms with Crippen molar-refractivity contribution < 1.29 is 14.3 Å². The summed E-state index contributed by atoms with van der Waals surface area (Å²) in [6.07, 6.45) is 7.02. The summed E-state index contributed by atoms with van der Waals surface area (Å²) in [4.78, 5) is 25.6. The van der Waals surface area contributed by atoms with Crippen LogP contribution in [0.4, 0.5) is 0 Å². The highest BCUT2D eigenvalue weighted by atomic mass is 16.6. The van der Waals surface area contributed by atoms with E-state index in [1.165, 1.54) is 0 Å². The van der Waals surface area contributed by atoms with Crippen molar-refractivity contribution >= 4 is 18.6 Å². The lowest BCUT2D eigenvalue weighted by Gasteiger charge is -2.19. The van der Waals surface area contributed by atoms with Crippen molar-refractivity contribution in [3.05, 3.63) is 0 Å². The van der Waals surface area contributed by atoms with E-state index in [1.807, 2.05) is 20.8 Å². The van der Waals surface area contributed by atoms with Crippen LogP contribution in [-0.4, -0.2) is 24.2 Å². The summed E-state index contributed by atoms with van der Waals surface area (Å²) >= 11 is 0. The summed E-state index contributed by atoms with van der Waals surface area (Å²) in [5.41, 5.74) is -0.386. The van der Waals surface area contributed by atoms with E-state index in [1.54, 1.807) is 0 Å². The molecular formula is C15H27NO3. The van der Waals surface area contributed by atoms with Crippen molar-refractivity contribution in [3.63, 3.8) is 0 Å². The molecule has 0 rings (SSSR count). The maximum atomic E-state index is 11.4. The third-order valence-electron chi connectivity index (χ3n) is 2.62. The first-order valence-electron chi connectivity index (χ1n) is 7.06. The highest BCUT2D eigenvalue weighted by molar-refractivity contribution is 5.80. The van der Waals surface area contributed by atoms with Gasteiger partial charge in [0.1, 0.15) is 5.60 Å². The van der Waals surface area contributed by atoms with Crippen molar-refractivity contribution in [2.45, 2.75) is 77.7 Å². The third-order valence-corrected chi connectivity index (χ3v) is 2.62. The van der Waals surface area contributed by atoms with E-state index >= 15 is 0 Å². The number of unbranched alkanes of at least 4 members (excludes halogenated alkanes) is 5. The van der Waals surface area contributed by atoms with E-state index in [4.69, 9.17) is 4.74 Å². The van der Waals surface area contributed by atoms with Crippen LogP contribution < -0.4 is 0 Å². The number of aliphatic imine (C=N–C) groups is 1. The van der Waals surface area contributed by atoms with E-state index in [0.29, 0.717) is 12.8 Å². The van der Waals surface area contributed by atoms with Crippen LogP contribution >= 0.6 is 0 Å². The molecule has 0 spiro atoms. The van der Waals surface area contributed by atoms with Crippen LogP contribution in [0.15, 0.2) is 4.99 Å². The van der Waals surface area contributed by atoms with E-state index in [-0.39, 0.29) is 17.5 Å². The SMILES string of the molecule is C=NC(=O)CCCCCCCCC(=O)OC(C)(C)C. The molecule has 0 N–H and O–H groups in total. The molecule has 0 saturated carbocycles. The predicted octanol–water partition coefficient (Wildman–Crippen LogP) is 3.68. The van der Waals surface area contributed by atoms with Gasteiger partial charge in [0.05, 0.1) is 0 Å². The highest BCUT2D eigenvalue weighted by Crippen LogP contribution is 2.12. The molecule has 1 amide bonds. The number of hydrogen-bond donors (Lipinski definition) is 0. The quantitative estimate of drug-likeness (QED) is 0.364. The first-order valence-corrected chi connectivity index (χ1v) is 7.06. The number of carbonyl (C=O) groups is 2. The van der Waals surface area contributed by atoms with Gasteiger partial charge in [-0.25, -0.2) is 4.99 Å². The molecule has 0 aliphatic heterocycles. The van der Waals surface area contributed by atoms with Crippen LogP contribution in [0.3, 0.4) is 0 Å². The molecule has 0 aliphatic rings. The van der Waals surface area contributed by atoms with Crippen molar-refractivity contribution in [1.29, 1.82) is 0 Å². The summed E-state index contributed by atoms with van der Waals surface area (Å²) < 4.78 is 5.23. The van der Waals surface area contributed by atoms with Gasteiger partial charge in [-0.3, -0.25) is 9.59 Å². The number of ether oxygens (including phenoxy) is 1. The Hall–Kier alpha value is -1.19. The molecule has 0 aromatic heterocycles. The molecule has 0 unspecified atom stereocenters. The van der Waals surface area contributed by atoms with Crippen LogP contribution in [0.25, 0.3) is 0 Å². The molecule has 4 heteroatoms. The Morgan fingerprint density at radius 1 is 0.947 bits per heavy atom. The largest absolute Gasteiger partial charge is 0.460 e. The fraction of sp³-hybridized carbons (Fsp3) is 0.800. The zero-order valence-electron chi connectivity index (χ0n) is 12.5. The minimum Gasteiger partial charge on any atom is -0.460 e. The van der Waals surface area contributed by atoms with Gasteiger partial charge < -0.3 is 4.74 Å². The normalized spacial score (nSPS) is 11.1. The number of amides is 1. The fourth-order valence-corrected chi connectivity index (χ4v) is 1.72. The van der Waals surface area contributed by atoms with Gasteiger partial charge in [0.15, 0.2) is 0 Å². The van der Waals surface area contributed by atoms with Gasteiger partial charge in [0.25, 0.3) is 0 Å².